The van der Waals surface area contributed by atoms with Crippen molar-refractivity contribution in [3.63, 3.8) is 0 Å². The molecular formula is C16H16O3. The second-order valence-corrected chi connectivity index (χ2v) is 4.58. The molecule has 1 aliphatic rings. The summed E-state index contributed by atoms with van der Waals surface area (Å²) >= 11 is 0. The Labute approximate surface area is 112 Å². The molecule has 1 aliphatic heterocycles. The molecule has 0 radical (unpaired) electrons. The summed E-state index contributed by atoms with van der Waals surface area (Å²) in [6.07, 6.45) is -0.0141. The Morgan fingerprint density at radius 2 is 1.74 bits per heavy atom. The number of benzene rings is 2. The highest BCUT2D eigenvalue weighted by molar-refractivity contribution is 5.48. The lowest BCUT2D eigenvalue weighted by Gasteiger charge is -2.23. The maximum absolute atomic E-state index is 10.4. The lowest BCUT2D eigenvalue weighted by Crippen LogP contribution is -2.17. The van der Waals surface area contributed by atoms with Crippen LogP contribution in [0, 0.1) is 0 Å². The van der Waals surface area contributed by atoms with E-state index in [4.69, 9.17) is 9.47 Å². The van der Waals surface area contributed by atoms with E-state index >= 15 is 0 Å². The average Bonchev–Trinajstić information content (AvgIpc) is 2.47. The standard InChI is InChI=1S/C16H16O3/c17-14(11-12-5-2-1-3-6-12)13-7-4-8-15-16(13)19-10-9-18-15/h1-8,14,17H,9-11H2. The fraction of sp³-hybridized carbons (Fsp3) is 0.250. The van der Waals surface area contributed by atoms with Crippen LogP contribution in [0.4, 0.5) is 0 Å². The van der Waals surface area contributed by atoms with Gasteiger partial charge < -0.3 is 14.6 Å². The number of fused-ring (bicyclic) bond motifs is 1. The largest absolute Gasteiger partial charge is 0.486 e. The van der Waals surface area contributed by atoms with Gasteiger partial charge in [-0.05, 0) is 11.6 Å². The molecule has 2 aromatic rings. The molecule has 19 heavy (non-hydrogen) atoms. The van der Waals surface area contributed by atoms with Gasteiger partial charge in [-0.3, -0.25) is 0 Å². The Bertz CT molecular complexity index is 551. The molecule has 98 valence electrons. The van der Waals surface area contributed by atoms with Crippen molar-refractivity contribution in [1.29, 1.82) is 0 Å². The molecule has 3 rings (SSSR count). The second kappa shape index (κ2) is 5.33. The van der Waals surface area contributed by atoms with Crippen molar-refractivity contribution in [2.75, 3.05) is 13.2 Å². The molecule has 1 heterocycles. The smallest absolute Gasteiger partial charge is 0.167 e. The Hall–Kier alpha value is -2.00. The van der Waals surface area contributed by atoms with Crippen LogP contribution in [0.3, 0.4) is 0 Å². The van der Waals surface area contributed by atoms with E-state index in [0.717, 1.165) is 16.9 Å². The van der Waals surface area contributed by atoms with Crippen molar-refractivity contribution in [3.05, 3.63) is 59.7 Å². The Morgan fingerprint density at radius 3 is 2.58 bits per heavy atom. The number of para-hydroxylation sites is 1. The van der Waals surface area contributed by atoms with Gasteiger partial charge in [-0.15, -0.1) is 0 Å². The minimum Gasteiger partial charge on any atom is -0.486 e. The van der Waals surface area contributed by atoms with Crippen LogP contribution in [0.1, 0.15) is 17.2 Å². The van der Waals surface area contributed by atoms with Crippen molar-refractivity contribution >= 4 is 0 Å². The first-order chi connectivity index (χ1) is 9.34. The molecule has 0 amide bonds. The summed E-state index contributed by atoms with van der Waals surface area (Å²) in [6.45, 7) is 1.09. The topological polar surface area (TPSA) is 38.7 Å². The fourth-order valence-corrected chi connectivity index (χ4v) is 2.31. The first-order valence-electron chi connectivity index (χ1n) is 6.45. The van der Waals surface area contributed by atoms with Gasteiger partial charge in [0, 0.05) is 12.0 Å². The summed E-state index contributed by atoms with van der Waals surface area (Å²) in [4.78, 5) is 0. The second-order valence-electron chi connectivity index (χ2n) is 4.58. The van der Waals surface area contributed by atoms with Gasteiger partial charge in [0.05, 0.1) is 6.10 Å². The van der Waals surface area contributed by atoms with Gasteiger partial charge >= 0.3 is 0 Å². The van der Waals surface area contributed by atoms with Crippen LogP contribution in [0.25, 0.3) is 0 Å². The third-order valence-electron chi connectivity index (χ3n) is 3.23. The fourth-order valence-electron chi connectivity index (χ4n) is 2.31. The van der Waals surface area contributed by atoms with E-state index in [9.17, 15) is 5.11 Å². The van der Waals surface area contributed by atoms with Gasteiger partial charge in [-0.2, -0.15) is 0 Å². The van der Waals surface area contributed by atoms with Crippen LogP contribution in [0.5, 0.6) is 11.5 Å². The zero-order valence-corrected chi connectivity index (χ0v) is 10.6. The van der Waals surface area contributed by atoms with E-state index in [1.54, 1.807) is 0 Å². The molecule has 3 heteroatoms. The van der Waals surface area contributed by atoms with Crippen LogP contribution >= 0.6 is 0 Å². The molecule has 0 spiro atoms. The summed E-state index contributed by atoms with van der Waals surface area (Å²) in [5.41, 5.74) is 1.89. The third-order valence-corrected chi connectivity index (χ3v) is 3.23. The van der Waals surface area contributed by atoms with Crippen LogP contribution < -0.4 is 9.47 Å². The number of ether oxygens (including phenoxy) is 2. The van der Waals surface area contributed by atoms with E-state index in [2.05, 4.69) is 0 Å². The molecule has 1 unspecified atom stereocenters. The van der Waals surface area contributed by atoms with Gasteiger partial charge in [0.2, 0.25) is 0 Å². The van der Waals surface area contributed by atoms with E-state index < -0.39 is 6.10 Å². The molecule has 1 atom stereocenters. The summed E-state index contributed by atoms with van der Waals surface area (Å²) in [5, 5.41) is 10.4. The molecule has 1 N–H and O–H groups in total. The van der Waals surface area contributed by atoms with Gasteiger partial charge in [0.15, 0.2) is 11.5 Å². The first kappa shape index (κ1) is 12.1. The summed E-state index contributed by atoms with van der Waals surface area (Å²) in [7, 11) is 0. The highest BCUT2D eigenvalue weighted by atomic mass is 16.6. The minimum absolute atomic E-state index is 0.530. The summed E-state index contributed by atoms with van der Waals surface area (Å²) < 4.78 is 11.2. The number of aliphatic hydroxyl groups excluding tert-OH is 1. The Kier molecular flexibility index (Phi) is 3.38. The third kappa shape index (κ3) is 2.56. The zero-order valence-electron chi connectivity index (χ0n) is 10.6. The monoisotopic (exact) mass is 256 g/mol. The highest BCUT2D eigenvalue weighted by Crippen LogP contribution is 2.37. The molecule has 0 saturated carbocycles. The number of hydrogen-bond donors (Lipinski definition) is 1. The summed E-state index contributed by atoms with van der Waals surface area (Å²) in [5.74, 6) is 1.40. The predicted octanol–water partition coefficient (Wildman–Crippen LogP) is 2.73. The van der Waals surface area contributed by atoms with Crippen LogP contribution in [-0.2, 0) is 6.42 Å². The van der Waals surface area contributed by atoms with Crippen molar-refractivity contribution in [2.24, 2.45) is 0 Å². The zero-order chi connectivity index (χ0) is 13.1. The molecule has 0 aliphatic carbocycles. The molecule has 0 aromatic heterocycles. The number of aliphatic hydroxyl groups is 1. The number of hydrogen-bond acceptors (Lipinski definition) is 3. The van der Waals surface area contributed by atoms with E-state index in [1.807, 2.05) is 48.5 Å². The quantitative estimate of drug-likeness (QED) is 0.917. The van der Waals surface area contributed by atoms with E-state index in [1.165, 1.54) is 0 Å². The van der Waals surface area contributed by atoms with Crippen LogP contribution in [-0.4, -0.2) is 18.3 Å². The highest BCUT2D eigenvalue weighted by Gasteiger charge is 2.20. The minimum atomic E-state index is -0.584. The molecular weight excluding hydrogens is 240 g/mol. The van der Waals surface area contributed by atoms with Crippen molar-refractivity contribution in [2.45, 2.75) is 12.5 Å². The van der Waals surface area contributed by atoms with Crippen molar-refractivity contribution in [3.8, 4) is 11.5 Å². The van der Waals surface area contributed by atoms with Gasteiger partial charge in [0.1, 0.15) is 13.2 Å². The van der Waals surface area contributed by atoms with Crippen molar-refractivity contribution < 1.29 is 14.6 Å². The van der Waals surface area contributed by atoms with Gasteiger partial charge in [-0.25, -0.2) is 0 Å². The predicted molar refractivity (Wildman–Crippen MR) is 72.5 cm³/mol. The maximum Gasteiger partial charge on any atom is 0.167 e. The molecule has 0 bridgehead atoms. The summed E-state index contributed by atoms with van der Waals surface area (Å²) in [6, 6.07) is 15.6. The van der Waals surface area contributed by atoms with E-state index in [0.29, 0.717) is 25.4 Å². The average molecular weight is 256 g/mol. The van der Waals surface area contributed by atoms with Crippen LogP contribution in [0.2, 0.25) is 0 Å². The lowest BCUT2D eigenvalue weighted by molar-refractivity contribution is 0.146. The first-order valence-corrected chi connectivity index (χ1v) is 6.45. The maximum atomic E-state index is 10.4. The van der Waals surface area contributed by atoms with Crippen LogP contribution in [0.15, 0.2) is 48.5 Å². The molecule has 0 fully saturated rings. The Balaban J connectivity index is 1.86. The SMILES string of the molecule is OC(Cc1ccccc1)c1cccc2c1OCCO2. The Morgan fingerprint density at radius 1 is 0.947 bits per heavy atom. The molecule has 0 saturated heterocycles. The molecule has 2 aromatic carbocycles. The molecule has 3 nitrogen and oxygen atoms in total. The lowest BCUT2D eigenvalue weighted by atomic mass is 10.00. The van der Waals surface area contributed by atoms with Gasteiger partial charge in [0.25, 0.3) is 0 Å². The normalized spacial score (nSPS) is 15.0. The number of rotatable bonds is 3. The van der Waals surface area contributed by atoms with Gasteiger partial charge in [-0.1, -0.05) is 42.5 Å². The van der Waals surface area contributed by atoms with E-state index in [-0.39, 0.29) is 0 Å². The van der Waals surface area contributed by atoms with Crippen molar-refractivity contribution in [1.82, 2.24) is 0 Å².